The first-order valence-electron chi connectivity index (χ1n) is 6.26. The van der Waals surface area contributed by atoms with Crippen LogP contribution in [-0.4, -0.2) is 20.2 Å². The Kier molecular flexibility index (Phi) is 5.34. The molecule has 0 heterocycles. The molecule has 7 nitrogen and oxygen atoms in total. The molecule has 0 atom stereocenters. The van der Waals surface area contributed by atoms with Gasteiger partial charge in [-0.1, -0.05) is 0 Å². The minimum atomic E-state index is -3.80. The van der Waals surface area contributed by atoms with E-state index in [1.807, 2.05) is 0 Å². The van der Waals surface area contributed by atoms with Gasteiger partial charge in [0.1, 0.15) is 0 Å². The van der Waals surface area contributed by atoms with E-state index < -0.39 is 21.8 Å². The fraction of sp³-hybridized carbons (Fsp3) is 0. The zero-order chi connectivity index (χ0) is 17.0. The molecule has 23 heavy (non-hydrogen) atoms. The van der Waals surface area contributed by atoms with Crippen LogP contribution in [0.3, 0.4) is 0 Å². The summed E-state index contributed by atoms with van der Waals surface area (Å²) in [6, 6.07) is 12.1. The molecule has 0 radical (unpaired) electrons. The van der Waals surface area contributed by atoms with Crippen LogP contribution >= 0.6 is 22.6 Å². The van der Waals surface area contributed by atoms with Gasteiger partial charge in [-0.3, -0.25) is 9.59 Å². The lowest BCUT2D eigenvalue weighted by molar-refractivity contribution is -0.132. The topological polar surface area (TPSA) is 118 Å². The third kappa shape index (κ3) is 5.01. The summed E-state index contributed by atoms with van der Waals surface area (Å²) in [5.41, 5.74) is 0.773. The van der Waals surface area contributed by atoms with E-state index in [0.29, 0.717) is 5.69 Å². The van der Waals surface area contributed by atoms with E-state index in [-0.39, 0.29) is 10.6 Å². The SMILES string of the molecule is NS(=O)(=O)c1ccc(NC(=O)C(=O)Nc2ccc(I)cc2)cc1. The van der Waals surface area contributed by atoms with Crippen molar-refractivity contribution in [2.75, 3.05) is 10.6 Å². The minimum absolute atomic E-state index is 0.0844. The predicted octanol–water partition coefficient (Wildman–Crippen LogP) is 1.52. The summed E-state index contributed by atoms with van der Waals surface area (Å²) in [7, 11) is -3.80. The molecule has 0 fully saturated rings. The number of carbonyl (C=O) groups excluding carboxylic acids is 2. The normalized spacial score (nSPS) is 10.9. The molecule has 2 aromatic rings. The Hall–Kier alpha value is -1.98. The number of carbonyl (C=O) groups is 2. The fourth-order valence-corrected chi connectivity index (χ4v) is 2.51. The number of nitrogens with two attached hydrogens (primary N) is 1. The van der Waals surface area contributed by atoms with Gasteiger partial charge in [0.05, 0.1) is 4.90 Å². The van der Waals surface area contributed by atoms with Crippen molar-refractivity contribution in [2.45, 2.75) is 4.90 Å². The lowest BCUT2D eigenvalue weighted by atomic mass is 10.3. The van der Waals surface area contributed by atoms with Crippen LogP contribution < -0.4 is 15.8 Å². The quantitative estimate of drug-likeness (QED) is 0.491. The van der Waals surface area contributed by atoms with Gasteiger partial charge in [-0.15, -0.1) is 0 Å². The van der Waals surface area contributed by atoms with Gasteiger partial charge in [-0.25, -0.2) is 13.6 Å². The highest BCUT2D eigenvalue weighted by Gasteiger charge is 2.14. The molecule has 0 aliphatic rings. The minimum Gasteiger partial charge on any atom is -0.318 e. The van der Waals surface area contributed by atoms with Crippen LogP contribution in [0.2, 0.25) is 0 Å². The van der Waals surface area contributed by atoms with E-state index in [4.69, 9.17) is 5.14 Å². The van der Waals surface area contributed by atoms with Crippen LogP contribution in [0.4, 0.5) is 11.4 Å². The molecule has 9 heteroatoms. The standard InChI is InChI=1S/C14H12IN3O4S/c15-9-1-3-10(4-2-9)17-13(19)14(20)18-11-5-7-12(8-6-11)23(16,21)22/h1-8H,(H,17,19)(H,18,20)(H2,16,21,22). The maximum atomic E-state index is 11.8. The van der Waals surface area contributed by atoms with Gasteiger partial charge in [0.2, 0.25) is 10.0 Å². The molecule has 2 aromatic carbocycles. The smallest absolute Gasteiger partial charge is 0.314 e. The van der Waals surface area contributed by atoms with Crippen molar-refractivity contribution in [3.63, 3.8) is 0 Å². The van der Waals surface area contributed by atoms with Crippen molar-refractivity contribution in [3.05, 3.63) is 52.1 Å². The van der Waals surface area contributed by atoms with Crippen LogP contribution in [-0.2, 0) is 19.6 Å². The molecule has 0 saturated carbocycles. The third-order valence-corrected chi connectivity index (χ3v) is 4.40. The summed E-state index contributed by atoms with van der Waals surface area (Å²) >= 11 is 2.12. The van der Waals surface area contributed by atoms with E-state index in [0.717, 1.165) is 3.57 Å². The second-order valence-electron chi connectivity index (χ2n) is 4.48. The molecule has 4 N–H and O–H groups in total. The largest absolute Gasteiger partial charge is 0.318 e. The van der Waals surface area contributed by atoms with Gasteiger partial charge in [-0.2, -0.15) is 0 Å². The monoisotopic (exact) mass is 445 g/mol. The molecule has 0 saturated heterocycles. The number of hydrogen-bond acceptors (Lipinski definition) is 4. The molecule has 0 spiro atoms. The highest BCUT2D eigenvalue weighted by molar-refractivity contribution is 14.1. The fourth-order valence-electron chi connectivity index (χ4n) is 1.64. The molecule has 0 bridgehead atoms. The van der Waals surface area contributed by atoms with E-state index in [9.17, 15) is 18.0 Å². The number of anilines is 2. The van der Waals surface area contributed by atoms with Crippen LogP contribution in [0.15, 0.2) is 53.4 Å². The van der Waals surface area contributed by atoms with Crippen LogP contribution in [0, 0.1) is 3.57 Å². The Morgan fingerprint density at radius 2 is 1.22 bits per heavy atom. The van der Waals surface area contributed by atoms with Crippen molar-refractivity contribution >= 4 is 55.8 Å². The number of hydrogen-bond donors (Lipinski definition) is 3. The first-order chi connectivity index (χ1) is 10.8. The average Bonchev–Trinajstić information content (AvgIpc) is 2.49. The van der Waals surface area contributed by atoms with E-state index in [2.05, 4.69) is 33.2 Å². The summed E-state index contributed by atoms with van der Waals surface area (Å²) in [5, 5.41) is 9.79. The zero-order valence-corrected chi connectivity index (χ0v) is 14.6. The first-order valence-corrected chi connectivity index (χ1v) is 8.89. The highest BCUT2D eigenvalue weighted by Crippen LogP contribution is 2.14. The predicted molar refractivity (Wildman–Crippen MR) is 94.2 cm³/mol. The molecule has 0 aromatic heterocycles. The first kappa shape index (κ1) is 17.4. The van der Waals surface area contributed by atoms with Crippen molar-refractivity contribution in [2.24, 2.45) is 5.14 Å². The van der Waals surface area contributed by atoms with Gasteiger partial charge >= 0.3 is 11.8 Å². The average molecular weight is 445 g/mol. The third-order valence-electron chi connectivity index (χ3n) is 2.75. The number of sulfonamides is 1. The Morgan fingerprint density at radius 1 is 0.826 bits per heavy atom. The summed E-state index contributed by atoms with van der Waals surface area (Å²) < 4.78 is 23.3. The van der Waals surface area contributed by atoms with Crippen molar-refractivity contribution < 1.29 is 18.0 Å². The molecule has 0 aliphatic carbocycles. The van der Waals surface area contributed by atoms with Gasteiger partial charge in [-0.05, 0) is 71.1 Å². The molecule has 0 aliphatic heterocycles. The molecule has 2 amide bonds. The maximum absolute atomic E-state index is 11.8. The van der Waals surface area contributed by atoms with Crippen molar-refractivity contribution in [3.8, 4) is 0 Å². The lowest BCUT2D eigenvalue weighted by Gasteiger charge is -2.07. The zero-order valence-electron chi connectivity index (χ0n) is 11.6. The van der Waals surface area contributed by atoms with Gasteiger partial charge in [0.25, 0.3) is 0 Å². The molecule has 0 unspecified atom stereocenters. The van der Waals surface area contributed by atoms with E-state index in [1.54, 1.807) is 24.3 Å². The second kappa shape index (κ2) is 7.06. The van der Waals surface area contributed by atoms with Crippen LogP contribution in [0.25, 0.3) is 0 Å². The highest BCUT2D eigenvalue weighted by atomic mass is 127. The van der Waals surface area contributed by atoms with Crippen molar-refractivity contribution in [1.82, 2.24) is 0 Å². The molecular formula is C14H12IN3O4S. The van der Waals surface area contributed by atoms with Crippen LogP contribution in [0.1, 0.15) is 0 Å². The Bertz CT molecular complexity index is 833. The van der Waals surface area contributed by atoms with Crippen LogP contribution in [0.5, 0.6) is 0 Å². The summed E-state index contributed by atoms with van der Waals surface area (Å²) in [6.45, 7) is 0. The van der Waals surface area contributed by atoms with E-state index >= 15 is 0 Å². The number of nitrogens with one attached hydrogen (secondary N) is 2. The Morgan fingerprint density at radius 3 is 1.61 bits per heavy atom. The molecular weight excluding hydrogens is 433 g/mol. The maximum Gasteiger partial charge on any atom is 0.314 e. The molecule has 120 valence electrons. The van der Waals surface area contributed by atoms with E-state index in [1.165, 1.54) is 24.3 Å². The summed E-state index contributed by atoms with van der Waals surface area (Å²) in [6.07, 6.45) is 0. The van der Waals surface area contributed by atoms with Crippen molar-refractivity contribution in [1.29, 1.82) is 0 Å². The molecule has 2 rings (SSSR count). The number of primary sulfonamides is 1. The number of benzene rings is 2. The number of amides is 2. The Balaban J connectivity index is 2.01. The summed E-state index contributed by atoms with van der Waals surface area (Å²) in [5.74, 6) is -1.70. The second-order valence-corrected chi connectivity index (χ2v) is 7.29. The van der Waals surface area contributed by atoms with Gasteiger partial charge < -0.3 is 10.6 Å². The van der Waals surface area contributed by atoms with Gasteiger partial charge in [0, 0.05) is 14.9 Å². The number of rotatable bonds is 3. The Labute approximate surface area is 146 Å². The summed E-state index contributed by atoms with van der Waals surface area (Å²) in [4.78, 5) is 23.5. The lowest BCUT2D eigenvalue weighted by Crippen LogP contribution is -2.29. The van der Waals surface area contributed by atoms with Gasteiger partial charge in [0.15, 0.2) is 0 Å². The number of halogens is 1.